The lowest BCUT2D eigenvalue weighted by atomic mass is 10.3. The highest BCUT2D eigenvalue weighted by Gasteiger charge is 2.33. The number of sulfonamides is 1. The number of non-ortho nitro benzene ring substituents is 1. The van der Waals surface area contributed by atoms with Crippen LogP contribution in [-0.4, -0.2) is 36.8 Å². The van der Waals surface area contributed by atoms with Crippen LogP contribution in [0.5, 0.6) is 0 Å². The van der Waals surface area contributed by atoms with Crippen molar-refractivity contribution in [3.8, 4) is 0 Å². The molecule has 0 aromatic heterocycles. The van der Waals surface area contributed by atoms with Crippen molar-refractivity contribution in [1.29, 1.82) is 0 Å². The van der Waals surface area contributed by atoms with Crippen molar-refractivity contribution >= 4 is 15.7 Å². The summed E-state index contributed by atoms with van der Waals surface area (Å²) in [6.07, 6.45) is 0.482. The fourth-order valence-corrected chi connectivity index (χ4v) is 3.51. The zero-order valence-electron chi connectivity index (χ0n) is 9.82. The highest BCUT2D eigenvalue weighted by molar-refractivity contribution is 7.89. The SMILES string of the molecule is N[C@H]1CCN(S(=O)(=O)c2cc([N+](=O)[O-])ccc2F)C1. The summed E-state index contributed by atoms with van der Waals surface area (Å²) in [4.78, 5) is 9.17. The van der Waals surface area contributed by atoms with Crippen LogP contribution in [0.1, 0.15) is 6.42 Å². The summed E-state index contributed by atoms with van der Waals surface area (Å²) in [6, 6.07) is 2.14. The van der Waals surface area contributed by atoms with E-state index in [9.17, 15) is 22.9 Å². The highest BCUT2D eigenvalue weighted by atomic mass is 32.2. The molecule has 0 radical (unpaired) electrons. The van der Waals surface area contributed by atoms with Crippen LogP contribution in [0, 0.1) is 15.9 Å². The number of hydrogen-bond acceptors (Lipinski definition) is 5. The summed E-state index contributed by atoms with van der Waals surface area (Å²) in [5.41, 5.74) is 5.14. The minimum atomic E-state index is -4.08. The van der Waals surface area contributed by atoms with E-state index in [1.165, 1.54) is 0 Å². The molecule has 19 heavy (non-hydrogen) atoms. The van der Waals surface area contributed by atoms with Gasteiger partial charge in [0.05, 0.1) is 4.92 Å². The van der Waals surface area contributed by atoms with Gasteiger partial charge in [-0.15, -0.1) is 0 Å². The van der Waals surface area contributed by atoms with Gasteiger partial charge in [-0.25, -0.2) is 12.8 Å². The molecule has 0 amide bonds. The molecular weight excluding hydrogens is 277 g/mol. The number of benzene rings is 1. The van der Waals surface area contributed by atoms with Crippen LogP contribution in [0.15, 0.2) is 23.1 Å². The number of nitro benzene ring substituents is 1. The largest absolute Gasteiger partial charge is 0.326 e. The second kappa shape index (κ2) is 4.83. The highest BCUT2D eigenvalue weighted by Crippen LogP contribution is 2.26. The van der Waals surface area contributed by atoms with Gasteiger partial charge >= 0.3 is 0 Å². The first-order valence-electron chi connectivity index (χ1n) is 5.52. The Hall–Kier alpha value is -1.58. The Labute approximate surface area is 109 Å². The molecule has 1 aliphatic rings. The number of nitro groups is 1. The van der Waals surface area contributed by atoms with Gasteiger partial charge in [0, 0.05) is 31.3 Å². The molecule has 104 valence electrons. The van der Waals surface area contributed by atoms with Gasteiger partial charge in [-0.3, -0.25) is 10.1 Å². The van der Waals surface area contributed by atoms with Crippen molar-refractivity contribution in [2.45, 2.75) is 17.4 Å². The zero-order chi connectivity index (χ0) is 14.2. The average molecular weight is 289 g/mol. The predicted molar refractivity (Wildman–Crippen MR) is 64.4 cm³/mol. The first-order valence-corrected chi connectivity index (χ1v) is 6.96. The average Bonchev–Trinajstić information content (AvgIpc) is 2.76. The first-order chi connectivity index (χ1) is 8.82. The first kappa shape index (κ1) is 13.8. The predicted octanol–water partition coefficient (Wildman–Crippen LogP) is 0.456. The molecular formula is C10H12FN3O4S. The summed E-state index contributed by atoms with van der Waals surface area (Å²) in [5.74, 6) is -1.01. The summed E-state index contributed by atoms with van der Waals surface area (Å²) >= 11 is 0. The molecule has 0 bridgehead atoms. The molecule has 2 rings (SSSR count). The molecule has 1 aliphatic heterocycles. The van der Waals surface area contributed by atoms with Crippen molar-refractivity contribution in [3.63, 3.8) is 0 Å². The van der Waals surface area contributed by atoms with Gasteiger partial charge in [-0.2, -0.15) is 4.31 Å². The molecule has 1 heterocycles. The molecule has 2 N–H and O–H groups in total. The molecule has 0 aliphatic carbocycles. The van der Waals surface area contributed by atoms with Crippen molar-refractivity contribution < 1.29 is 17.7 Å². The van der Waals surface area contributed by atoms with Crippen LogP contribution < -0.4 is 5.73 Å². The molecule has 0 unspecified atom stereocenters. The van der Waals surface area contributed by atoms with Crippen LogP contribution in [0.3, 0.4) is 0 Å². The van der Waals surface area contributed by atoms with Gasteiger partial charge < -0.3 is 5.73 Å². The smallest absolute Gasteiger partial charge is 0.270 e. The van der Waals surface area contributed by atoms with Crippen LogP contribution >= 0.6 is 0 Å². The molecule has 0 spiro atoms. The Bertz CT molecular complexity index is 619. The van der Waals surface area contributed by atoms with Crippen molar-refractivity contribution in [3.05, 3.63) is 34.1 Å². The number of nitrogens with two attached hydrogens (primary N) is 1. The summed E-state index contributed by atoms with van der Waals surface area (Å²) < 4.78 is 39.0. The lowest BCUT2D eigenvalue weighted by molar-refractivity contribution is -0.385. The van der Waals surface area contributed by atoms with Crippen LogP contribution in [0.25, 0.3) is 0 Å². The van der Waals surface area contributed by atoms with Crippen molar-refractivity contribution in [1.82, 2.24) is 4.31 Å². The van der Waals surface area contributed by atoms with Crippen LogP contribution in [0.4, 0.5) is 10.1 Å². The third-order valence-corrected chi connectivity index (χ3v) is 4.81. The quantitative estimate of drug-likeness (QED) is 0.642. The van der Waals surface area contributed by atoms with E-state index >= 15 is 0 Å². The van der Waals surface area contributed by atoms with E-state index in [0.29, 0.717) is 6.42 Å². The Morgan fingerprint density at radius 3 is 2.68 bits per heavy atom. The summed E-state index contributed by atoms with van der Waals surface area (Å²) in [7, 11) is -4.08. The van der Waals surface area contributed by atoms with Crippen molar-refractivity contribution in [2.75, 3.05) is 13.1 Å². The minimum absolute atomic E-state index is 0.0878. The van der Waals surface area contributed by atoms with E-state index in [2.05, 4.69) is 0 Å². The number of rotatable bonds is 3. The van der Waals surface area contributed by atoms with Gasteiger partial charge in [-0.1, -0.05) is 0 Å². The normalized spacial score (nSPS) is 20.6. The standard InChI is InChI=1S/C10H12FN3O4S/c11-9-2-1-8(14(15)16)5-10(9)19(17,18)13-4-3-7(12)6-13/h1-2,5,7H,3-4,6,12H2/t7-/m0/s1. The van der Waals surface area contributed by atoms with E-state index in [-0.39, 0.29) is 19.1 Å². The fourth-order valence-electron chi connectivity index (χ4n) is 1.91. The molecule has 7 nitrogen and oxygen atoms in total. The van der Waals surface area contributed by atoms with Gasteiger partial charge in [0.2, 0.25) is 10.0 Å². The maximum absolute atomic E-state index is 13.6. The monoisotopic (exact) mass is 289 g/mol. The third kappa shape index (κ3) is 2.57. The molecule has 1 fully saturated rings. The van der Waals surface area contributed by atoms with Crippen LogP contribution in [-0.2, 0) is 10.0 Å². The van der Waals surface area contributed by atoms with E-state index in [1.807, 2.05) is 0 Å². The molecule has 0 saturated carbocycles. The zero-order valence-corrected chi connectivity index (χ0v) is 10.6. The molecule has 1 saturated heterocycles. The summed E-state index contributed by atoms with van der Waals surface area (Å²) in [6.45, 7) is 0.274. The Morgan fingerprint density at radius 1 is 1.47 bits per heavy atom. The fraction of sp³-hybridized carbons (Fsp3) is 0.400. The second-order valence-electron chi connectivity index (χ2n) is 4.28. The number of nitrogens with zero attached hydrogens (tertiary/aromatic N) is 2. The maximum atomic E-state index is 13.6. The molecule has 9 heteroatoms. The summed E-state index contributed by atoms with van der Waals surface area (Å²) in [5, 5.41) is 10.6. The molecule has 1 aromatic rings. The van der Waals surface area contributed by atoms with Crippen molar-refractivity contribution in [2.24, 2.45) is 5.73 Å². The Morgan fingerprint density at radius 2 is 2.16 bits per heavy atom. The second-order valence-corrected chi connectivity index (χ2v) is 6.19. The van der Waals surface area contributed by atoms with Crippen LogP contribution in [0.2, 0.25) is 0 Å². The Balaban J connectivity index is 2.45. The van der Waals surface area contributed by atoms with Gasteiger partial charge in [0.15, 0.2) is 0 Å². The van der Waals surface area contributed by atoms with E-state index in [4.69, 9.17) is 5.73 Å². The van der Waals surface area contributed by atoms with Gasteiger partial charge in [0.1, 0.15) is 10.7 Å². The maximum Gasteiger partial charge on any atom is 0.270 e. The van der Waals surface area contributed by atoms with E-state index < -0.39 is 31.3 Å². The molecule has 1 aromatic carbocycles. The van der Waals surface area contributed by atoms with Gasteiger partial charge in [-0.05, 0) is 12.5 Å². The lowest BCUT2D eigenvalue weighted by Crippen LogP contribution is -2.32. The van der Waals surface area contributed by atoms with E-state index in [0.717, 1.165) is 22.5 Å². The lowest BCUT2D eigenvalue weighted by Gasteiger charge is -2.16. The number of halogens is 1. The minimum Gasteiger partial charge on any atom is -0.326 e. The van der Waals surface area contributed by atoms with Gasteiger partial charge in [0.25, 0.3) is 5.69 Å². The Kier molecular flexibility index (Phi) is 3.52. The third-order valence-electron chi connectivity index (χ3n) is 2.93. The topological polar surface area (TPSA) is 107 Å². The van der Waals surface area contributed by atoms with E-state index in [1.54, 1.807) is 0 Å². The molecule has 1 atom stereocenters. The number of hydrogen-bond donors (Lipinski definition) is 1.